The normalized spacial score (nSPS) is 13.7. The fourth-order valence-electron chi connectivity index (χ4n) is 2.76. The summed E-state index contributed by atoms with van der Waals surface area (Å²) in [5.74, 6) is -0.924. The van der Waals surface area contributed by atoms with Crippen molar-refractivity contribution in [2.45, 2.75) is 20.0 Å². The van der Waals surface area contributed by atoms with E-state index < -0.39 is 5.97 Å². The number of fused-ring (bicyclic) bond motifs is 1. The Bertz CT molecular complexity index is 694. The van der Waals surface area contributed by atoms with E-state index in [0.717, 1.165) is 29.9 Å². The molecule has 3 heteroatoms. The van der Waals surface area contributed by atoms with E-state index in [9.17, 15) is 4.79 Å². The molecule has 0 fully saturated rings. The predicted molar refractivity (Wildman–Crippen MR) is 84.2 cm³/mol. The number of carboxylic acid groups (broad SMARTS) is 1. The summed E-state index contributed by atoms with van der Waals surface area (Å²) < 4.78 is 0. The van der Waals surface area contributed by atoms with Crippen LogP contribution < -0.4 is 4.90 Å². The summed E-state index contributed by atoms with van der Waals surface area (Å²) in [6.07, 6.45) is 2.87. The van der Waals surface area contributed by atoms with Gasteiger partial charge < -0.3 is 10.0 Å². The van der Waals surface area contributed by atoms with Gasteiger partial charge in [0.05, 0.1) is 0 Å². The molecule has 0 saturated heterocycles. The Hall–Kier alpha value is -2.55. The van der Waals surface area contributed by atoms with E-state index in [1.165, 1.54) is 17.2 Å². The second kappa shape index (κ2) is 5.44. The Balaban J connectivity index is 1.95. The quantitative estimate of drug-likeness (QED) is 0.872. The van der Waals surface area contributed by atoms with Crippen molar-refractivity contribution in [3.8, 4) is 0 Å². The van der Waals surface area contributed by atoms with E-state index in [1.54, 1.807) is 6.08 Å². The van der Waals surface area contributed by atoms with Crippen molar-refractivity contribution in [1.29, 1.82) is 0 Å². The minimum Gasteiger partial charge on any atom is -0.478 e. The molecule has 0 radical (unpaired) electrons. The number of anilines is 1. The molecule has 0 bridgehead atoms. The molecule has 3 nitrogen and oxygen atoms in total. The maximum absolute atomic E-state index is 10.8. The number of benzene rings is 2. The summed E-state index contributed by atoms with van der Waals surface area (Å²) in [5.41, 5.74) is 5.83. The molecule has 2 aromatic carbocycles. The summed E-state index contributed by atoms with van der Waals surface area (Å²) in [6, 6.07) is 14.6. The highest BCUT2D eigenvalue weighted by molar-refractivity contribution is 5.87. The van der Waals surface area contributed by atoms with Gasteiger partial charge in [0.1, 0.15) is 0 Å². The van der Waals surface area contributed by atoms with Gasteiger partial charge in [0.2, 0.25) is 0 Å². The molecule has 1 aliphatic heterocycles. The van der Waals surface area contributed by atoms with Gasteiger partial charge in [-0.3, -0.25) is 0 Å². The molecule has 0 unspecified atom stereocenters. The van der Waals surface area contributed by atoms with E-state index in [1.807, 2.05) is 13.0 Å². The third-order valence-corrected chi connectivity index (χ3v) is 3.77. The molecule has 106 valence electrons. The molecule has 0 aliphatic carbocycles. The first-order valence-corrected chi connectivity index (χ1v) is 6.97. The summed E-state index contributed by atoms with van der Waals surface area (Å²) in [6.45, 7) is 3.75. The lowest BCUT2D eigenvalue weighted by atomic mass is 10.1. The first kappa shape index (κ1) is 13.4. The summed E-state index contributed by atoms with van der Waals surface area (Å²) in [7, 11) is 0. The molecule has 1 heterocycles. The maximum atomic E-state index is 10.8. The first-order chi connectivity index (χ1) is 10.1. The molecule has 3 rings (SSSR count). The number of aliphatic carboxylic acids is 1. The Morgan fingerprint density at radius 1 is 1.14 bits per heavy atom. The number of nitrogens with zero attached hydrogens (tertiary/aromatic N) is 1. The smallest absolute Gasteiger partial charge is 0.328 e. The summed E-state index contributed by atoms with van der Waals surface area (Å²) in [5, 5.41) is 8.84. The zero-order valence-electron chi connectivity index (χ0n) is 11.9. The van der Waals surface area contributed by atoms with Crippen LogP contribution in [0, 0.1) is 6.92 Å². The number of rotatable bonds is 3. The summed E-state index contributed by atoms with van der Waals surface area (Å²) in [4.78, 5) is 13.1. The average molecular weight is 279 g/mol. The Morgan fingerprint density at radius 2 is 1.81 bits per heavy atom. The highest BCUT2D eigenvalue weighted by Gasteiger charge is 2.20. The number of hydrogen-bond donors (Lipinski definition) is 1. The second-order valence-electron chi connectivity index (χ2n) is 5.36. The SMILES string of the molecule is Cc1ccc(N2Cc3ccccc3C2)c(/C=C/C(=O)O)c1. The molecule has 21 heavy (non-hydrogen) atoms. The van der Waals surface area contributed by atoms with Crippen molar-refractivity contribution in [3.05, 3.63) is 70.8 Å². The van der Waals surface area contributed by atoms with Crippen molar-refractivity contribution in [2.24, 2.45) is 0 Å². The van der Waals surface area contributed by atoms with Crippen molar-refractivity contribution in [2.75, 3.05) is 4.90 Å². The van der Waals surface area contributed by atoms with Crippen LogP contribution in [-0.2, 0) is 17.9 Å². The molecule has 0 atom stereocenters. The first-order valence-electron chi connectivity index (χ1n) is 6.97. The molecule has 1 aliphatic rings. The van der Waals surface area contributed by atoms with Crippen LogP contribution >= 0.6 is 0 Å². The molecular weight excluding hydrogens is 262 g/mol. The summed E-state index contributed by atoms with van der Waals surface area (Å²) >= 11 is 0. The fraction of sp³-hybridized carbons (Fsp3) is 0.167. The predicted octanol–water partition coefficient (Wildman–Crippen LogP) is 3.61. The largest absolute Gasteiger partial charge is 0.478 e. The molecule has 0 amide bonds. The Morgan fingerprint density at radius 3 is 2.43 bits per heavy atom. The van der Waals surface area contributed by atoms with Crippen molar-refractivity contribution in [3.63, 3.8) is 0 Å². The van der Waals surface area contributed by atoms with Crippen molar-refractivity contribution >= 4 is 17.7 Å². The monoisotopic (exact) mass is 279 g/mol. The minimum atomic E-state index is -0.924. The van der Waals surface area contributed by atoms with Crippen molar-refractivity contribution < 1.29 is 9.90 Å². The standard InChI is InChI=1S/C18H17NO2/c1-13-6-8-17(14(10-13)7-9-18(20)21)19-11-15-4-2-3-5-16(15)12-19/h2-10H,11-12H2,1H3,(H,20,21)/b9-7+. The molecule has 0 spiro atoms. The van der Waals surface area contributed by atoms with Crippen LogP contribution in [0.15, 0.2) is 48.5 Å². The molecular formula is C18H17NO2. The van der Waals surface area contributed by atoms with Gasteiger partial charge in [-0.15, -0.1) is 0 Å². The topological polar surface area (TPSA) is 40.5 Å². The van der Waals surface area contributed by atoms with Crippen LogP contribution in [0.5, 0.6) is 0 Å². The van der Waals surface area contributed by atoms with Gasteiger partial charge in [-0.25, -0.2) is 4.79 Å². The van der Waals surface area contributed by atoms with Gasteiger partial charge in [-0.1, -0.05) is 35.9 Å². The average Bonchev–Trinajstić information content (AvgIpc) is 2.88. The van der Waals surface area contributed by atoms with Crippen LogP contribution in [0.25, 0.3) is 6.08 Å². The van der Waals surface area contributed by atoms with Gasteiger partial charge in [-0.2, -0.15) is 0 Å². The zero-order chi connectivity index (χ0) is 14.8. The van der Waals surface area contributed by atoms with Crippen LogP contribution in [0.2, 0.25) is 0 Å². The van der Waals surface area contributed by atoms with Crippen molar-refractivity contribution in [1.82, 2.24) is 0 Å². The second-order valence-corrected chi connectivity index (χ2v) is 5.36. The lowest BCUT2D eigenvalue weighted by Crippen LogP contribution is -2.15. The number of carbonyl (C=O) groups is 1. The highest BCUT2D eigenvalue weighted by Crippen LogP contribution is 2.31. The van der Waals surface area contributed by atoms with E-state index in [-0.39, 0.29) is 0 Å². The molecule has 0 aromatic heterocycles. The van der Waals surface area contributed by atoms with Crippen LogP contribution in [0.3, 0.4) is 0 Å². The fourth-order valence-corrected chi connectivity index (χ4v) is 2.76. The van der Waals surface area contributed by atoms with E-state index >= 15 is 0 Å². The van der Waals surface area contributed by atoms with Gasteiger partial charge in [-0.05, 0) is 41.8 Å². The van der Waals surface area contributed by atoms with Crippen LogP contribution in [-0.4, -0.2) is 11.1 Å². The lowest BCUT2D eigenvalue weighted by molar-refractivity contribution is -0.131. The third-order valence-electron chi connectivity index (χ3n) is 3.77. The lowest BCUT2D eigenvalue weighted by Gasteiger charge is -2.20. The highest BCUT2D eigenvalue weighted by atomic mass is 16.4. The van der Waals surface area contributed by atoms with Crippen LogP contribution in [0.4, 0.5) is 5.69 Å². The maximum Gasteiger partial charge on any atom is 0.328 e. The van der Waals surface area contributed by atoms with E-state index in [0.29, 0.717) is 0 Å². The Labute approximate surface area is 124 Å². The van der Waals surface area contributed by atoms with Crippen LogP contribution in [0.1, 0.15) is 22.3 Å². The third kappa shape index (κ3) is 2.82. The van der Waals surface area contributed by atoms with E-state index in [4.69, 9.17) is 5.11 Å². The Kier molecular flexibility index (Phi) is 3.48. The number of hydrogen-bond acceptors (Lipinski definition) is 2. The minimum absolute atomic E-state index is 0.868. The number of carboxylic acids is 1. The van der Waals surface area contributed by atoms with E-state index in [2.05, 4.69) is 41.3 Å². The molecule has 2 aromatic rings. The zero-order valence-corrected chi connectivity index (χ0v) is 11.9. The molecule has 1 N–H and O–H groups in total. The van der Waals surface area contributed by atoms with Gasteiger partial charge in [0.25, 0.3) is 0 Å². The molecule has 0 saturated carbocycles. The van der Waals surface area contributed by atoms with Gasteiger partial charge in [0.15, 0.2) is 0 Å². The number of aryl methyl sites for hydroxylation is 1. The van der Waals surface area contributed by atoms with Gasteiger partial charge in [0, 0.05) is 24.9 Å². The van der Waals surface area contributed by atoms with Gasteiger partial charge >= 0.3 is 5.97 Å².